The molecule has 1 aliphatic heterocycles. The first kappa shape index (κ1) is 10.8. The van der Waals surface area contributed by atoms with Crippen LogP contribution in [-0.4, -0.2) is 23.8 Å². The third-order valence-electron chi connectivity index (χ3n) is 2.35. The van der Waals surface area contributed by atoms with Crippen LogP contribution in [0.2, 0.25) is 0 Å². The zero-order valence-corrected chi connectivity index (χ0v) is 8.85. The van der Waals surface area contributed by atoms with Crippen molar-refractivity contribution in [2.45, 2.75) is 25.4 Å². The number of thiol groups is 1. The number of aliphatic hydroxyl groups is 1. The summed E-state index contributed by atoms with van der Waals surface area (Å²) in [5.41, 5.74) is -0.701. The summed E-state index contributed by atoms with van der Waals surface area (Å²) < 4.78 is 0. The van der Waals surface area contributed by atoms with E-state index < -0.39 is 5.60 Å². The van der Waals surface area contributed by atoms with Gasteiger partial charge in [-0.25, -0.2) is 0 Å². The second-order valence-corrected chi connectivity index (χ2v) is 3.84. The summed E-state index contributed by atoms with van der Waals surface area (Å²) in [5.74, 6) is 0. The van der Waals surface area contributed by atoms with Crippen LogP contribution in [0.15, 0.2) is 23.1 Å². The van der Waals surface area contributed by atoms with Crippen molar-refractivity contribution < 1.29 is 5.11 Å². The Morgan fingerprint density at radius 1 is 1.46 bits per heavy atom. The Bertz CT molecular complexity index is 217. The minimum Gasteiger partial charge on any atom is -0.385 e. The molecule has 1 rings (SSSR count). The maximum atomic E-state index is 10.1. The first-order valence-electron chi connectivity index (χ1n) is 4.64. The molecule has 1 heterocycles. The highest BCUT2D eigenvalue weighted by atomic mass is 32.1. The monoisotopic (exact) mass is 199 g/mol. The van der Waals surface area contributed by atoms with Crippen LogP contribution in [0.1, 0.15) is 19.8 Å². The molecule has 0 amide bonds. The Morgan fingerprint density at radius 2 is 2.08 bits per heavy atom. The van der Waals surface area contributed by atoms with Gasteiger partial charge in [0.2, 0.25) is 0 Å². The van der Waals surface area contributed by atoms with E-state index >= 15 is 0 Å². The Morgan fingerprint density at radius 3 is 2.62 bits per heavy atom. The van der Waals surface area contributed by atoms with Gasteiger partial charge in [-0.3, -0.25) is 0 Å². The minimum atomic E-state index is -0.701. The molecule has 1 aliphatic rings. The van der Waals surface area contributed by atoms with E-state index in [9.17, 15) is 5.11 Å². The van der Waals surface area contributed by atoms with Gasteiger partial charge in [0.05, 0.1) is 5.60 Å². The van der Waals surface area contributed by atoms with Gasteiger partial charge in [0.25, 0.3) is 0 Å². The average Bonchev–Trinajstić information content (AvgIpc) is 2.15. The van der Waals surface area contributed by atoms with Crippen molar-refractivity contribution in [1.29, 1.82) is 0 Å². The van der Waals surface area contributed by atoms with Crippen LogP contribution < -0.4 is 5.32 Å². The highest BCUT2D eigenvalue weighted by Gasteiger charge is 2.30. The molecule has 0 spiro atoms. The highest BCUT2D eigenvalue weighted by Crippen LogP contribution is 2.29. The third-order valence-corrected chi connectivity index (χ3v) is 2.92. The summed E-state index contributed by atoms with van der Waals surface area (Å²) in [4.78, 5) is 0.770. The summed E-state index contributed by atoms with van der Waals surface area (Å²) in [6.07, 6.45) is 7.21. The van der Waals surface area contributed by atoms with E-state index in [1.807, 2.05) is 25.2 Å². The predicted molar refractivity (Wildman–Crippen MR) is 58.9 cm³/mol. The molecule has 2 N–H and O–H groups in total. The first-order chi connectivity index (χ1) is 6.19. The normalized spacial score (nSPS) is 23.8. The van der Waals surface area contributed by atoms with Crippen molar-refractivity contribution in [2.24, 2.45) is 0 Å². The smallest absolute Gasteiger partial charge is 0.0976 e. The molecule has 0 aromatic rings. The fourth-order valence-electron chi connectivity index (χ4n) is 1.44. The van der Waals surface area contributed by atoms with Gasteiger partial charge >= 0.3 is 0 Å². The lowest BCUT2D eigenvalue weighted by Gasteiger charge is -2.32. The van der Waals surface area contributed by atoms with Crippen molar-refractivity contribution in [3.8, 4) is 0 Å². The van der Waals surface area contributed by atoms with Crippen LogP contribution in [0.3, 0.4) is 0 Å². The lowest BCUT2D eigenvalue weighted by Crippen LogP contribution is -2.42. The lowest BCUT2D eigenvalue weighted by atomic mass is 9.91. The molecule has 0 radical (unpaired) electrons. The molecule has 0 aromatic carbocycles. The van der Waals surface area contributed by atoms with E-state index in [-0.39, 0.29) is 0 Å². The maximum absolute atomic E-state index is 10.1. The number of nitrogens with one attached hydrogen (secondary N) is 1. The van der Waals surface area contributed by atoms with Gasteiger partial charge in [-0.15, -0.1) is 12.6 Å². The molecule has 0 atom stereocenters. The summed E-state index contributed by atoms with van der Waals surface area (Å²) in [7, 11) is 0. The van der Waals surface area contributed by atoms with E-state index in [4.69, 9.17) is 0 Å². The molecule has 1 fully saturated rings. The zero-order valence-electron chi connectivity index (χ0n) is 7.95. The van der Waals surface area contributed by atoms with Crippen LogP contribution >= 0.6 is 12.6 Å². The van der Waals surface area contributed by atoms with Crippen molar-refractivity contribution in [3.05, 3.63) is 23.1 Å². The highest BCUT2D eigenvalue weighted by molar-refractivity contribution is 7.84. The fraction of sp³-hybridized carbons (Fsp3) is 0.600. The van der Waals surface area contributed by atoms with E-state index in [0.717, 1.165) is 30.8 Å². The van der Waals surface area contributed by atoms with Crippen LogP contribution in [0.5, 0.6) is 0 Å². The molecule has 0 bridgehead atoms. The third kappa shape index (κ3) is 2.86. The topological polar surface area (TPSA) is 32.3 Å². The van der Waals surface area contributed by atoms with E-state index in [1.165, 1.54) is 0 Å². The first-order valence-corrected chi connectivity index (χ1v) is 5.09. The van der Waals surface area contributed by atoms with Crippen LogP contribution in [0.4, 0.5) is 0 Å². The Balaban J connectivity index is 2.66. The van der Waals surface area contributed by atoms with Gasteiger partial charge < -0.3 is 10.4 Å². The van der Waals surface area contributed by atoms with Gasteiger partial charge in [-0.1, -0.05) is 18.2 Å². The Labute approximate surface area is 85.1 Å². The molecule has 0 aromatic heterocycles. The summed E-state index contributed by atoms with van der Waals surface area (Å²) in [6.45, 7) is 3.68. The molecule has 74 valence electrons. The van der Waals surface area contributed by atoms with Gasteiger partial charge in [0.1, 0.15) is 0 Å². The maximum Gasteiger partial charge on any atom is 0.0976 e. The van der Waals surface area contributed by atoms with E-state index in [1.54, 1.807) is 0 Å². The standard InChI is InChI=1S/C10H17NOS/c1-2-3-4-9(13)10(12)5-7-11-8-6-10/h2-4,11-13H,5-8H2,1H3/b3-2-,9-4-. The molecular weight excluding hydrogens is 182 g/mol. The number of hydrogen-bond donors (Lipinski definition) is 3. The predicted octanol–water partition coefficient (Wildman–Crippen LogP) is 1.49. The molecule has 13 heavy (non-hydrogen) atoms. The minimum absolute atomic E-state index is 0.701. The number of allylic oxidation sites excluding steroid dienone is 3. The van der Waals surface area contributed by atoms with Crippen LogP contribution in [-0.2, 0) is 0 Å². The van der Waals surface area contributed by atoms with E-state index in [2.05, 4.69) is 17.9 Å². The van der Waals surface area contributed by atoms with Crippen LogP contribution in [0, 0.1) is 0 Å². The zero-order chi connectivity index (χ0) is 9.73. The van der Waals surface area contributed by atoms with Crippen molar-refractivity contribution >= 4 is 12.6 Å². The molecule has 0 unspecified atom stereocenters. The van der Waals surface area contributed by atoms with Gasteiger partial charge in [0, 0.05) is 4.91 Å². The largest absolute Gasteiger partial charge is 0.385 e. The van der Waals surface area contributed by atoms with Gasteiger partial charge in [-0.2, -0.15) is 0 Å². The summed E-state index contributed by atoms with van der Waals surface area (Å²) in [6, 6.07) is 0. The molecule has 0 aliphatic carbocycles. The lowest BCUT2D eigenvalue weighted by molar-refractivity contribution is 0.0547. The summed E-state index contributed by atoms with van der Waals surface area (Å²) >= 11 is 4.32. The van der Waals surface area contributed by atoms with Gasteiger partial charge in [0.15, 0.2) is 0 Å². The fourth-order valence-corrected chi connectivity index (χ4v) is 1.75. The summed E-state index contributed by atoms with van der Waals surface area (Å²) in [5, 5.41) is 13.4. The van der Waals surface area contributed by atoms with Crippen molar-refractivity contribution in [3.63, 3.8) is 0 Å². The SMILES string of the molecule is C/C=C\C=C(/S)C1(O)CCNCC1. The molecule has 2 nitrogen and oxygen atoms in total. The van der Waals surface area contributed by atoms with E-state index in [0.29, 0.717) is 0 Å². The number of hydrogen-bond acceptors (Lipinski definition) is 3. The van der Waals surface area contributed by atoms with Crippen molar-refractivity contribution in [2.75, 3.05) is 13.1 Å². The average molecular weight is 199 g/mol. The van der Waals surface area contributed by atoms with Crippen LogP contribution in [0.25, 0.3) is 0 Å². The molecule has 1 saturated heterocycles. The molecular formula is C10H17NOS. The second kappa shape index (κ2) is 4.84. The second-order valence-electron chi connectivity index (χ2n) is 3.36. The Kier molecular flexibility index (Phi) is 4.03. The molecule has 0 saturated carbocycles. The Hall–Kier alpha value is -0.250. The quantitative estimate of drug-likeness (QED) is 0.465. The number of rotatable bonds is 2. The number of piperidine rings is 1. The van der Waals surface area contributed by atoms with Crippen molar-refractivity contribution in [1.82, 2.24) is 5.32 Å². The van der Waals surface area contributed by atoms with Gasteiger partial charge in [-0.05, 0) is 32.9 Å². The molecule has 3 heteroatoms.